The summed E-state index contributed by atoms with van der Waals surface area (Å²) in [5.41, 5.74) is 1.39. The molecule has 1 aromatic rings. The highest BCUT2D eigenvalue weighted by Crippen LogP contribution is 2.44. The molecule has 0 spiro atoms. The molecule has 0 aliphatic carbocycles. The van der Waals surface area contributed by atoms with Gasteiger partial charge in [-0.2, -0.15) is 0 Å². The van der Waals surface area contributed by atoms with Gasteiger partial charge in [-0.1, -0.05) is 55.4 Å². The van der Waals surface area contributed by atoms with Crippen molar-refractivity contribution in [2.24, 2.45) is 5.41 Å². The summed E-state index contributed by atoms with van der Waals surface area (Å²) < 4.78 is 0. The van der Waals surface area contributed by atoms with Gasteiger partial charge in [-0.25, -0.2) is 0 Å². The number of benzene rings is 1. The molecule has 0 fully saturated rings. The second-order valence-corrected chi connectivity index (χ2v) is 8.76. The molecule has 20 heavy (non-hydrogen) atoms. The van der Waals surface area contributed by atoms with Crippen LogP contribution in [0, 0.1) is 5.41 Å². The highest BCUT2D eigenvalue weighted by Gasteiger charge is 2.31. The zero-order chi connectivity index (χ0) is 15.9. The Hall–Kier alpha value is -1.18. The summed E-state index contributed by atoms with van der Waals surface area (Å²) in [5, 5.41) is 20.7. The van der Waals surface area contributed by atoms with Gasteiger partial charge < -0.3 is 10.2 Å². The first kappa shape index (κ1) is 16.9. The van der Waals surface area contributed by atoms with Gasteiger partial charge in [0.1, 0.15) is 11.5 Å². The predicted molar refractivity (Wildman–Crippen MR) is 85.6 cm³/mol. The quantitative estimate of drug-likeness (QED) is 0.738. The van der Waals surface area contributed by atoms with Crippen molar-refractivity contribution in [3.8, 4) is 11.5 Å². The molecule has 0 unspecified atom stereocenters. The molecule has 2 heteroatoms. The molecule has 1 rings (SSSR count). The summed E-state index contributed by atoms with van der Waals surface area (Å²) >= 11 is 0. The molecule has 0 aromatic heterocycles. The molecule has 0 aliphatic rings. The standard InChI is InChI=1S/C18H30O2/c1-16(2,3)11-18(7,8)13-10-14(19)12(9-15(13)20)17(4,5)6/h9-10,19-20H,11H2,1-8H3. The van der Waals surface area contributed by atoms with Crippen LogP contribution in [0.2, 0.25) is 0 Å². The second-order valence-electron chi connectivity index (χ2n) is 8.76. The van der Waals surface area contributed by atoms with Crippen LogP contribution >= 0.6 is 0 Å². The number of hydrogen-bond donors (Lipinski definition) is 2. The fourth-order valence-corrected chi connectivity index (χ4v) is 3.14. The van der Waals surface area contributed by atoms with E-state index in [-0.39, 0.29) is 27.7 Å². The van der Waals surface area contributed by atoms with Gasteiger partial charge in [0.15, 0.2) is 0 Å². The first-order valence-electron chi connectivity index (χ1n) is 7.31. The summed E-state index contributed by atoms with van der Waals surface area (Å²) in [7, 11) is 0. The van der Waals surface area contributed by atoms with Gasteiger partial charge in [0.2, 0.25) is 0 Å². The Morgan fingerprint density at radius 3 is 1.55 bits per heavy atom. The molecule has 2 N–H and O–H groups in total. The fourth-order valence-electron chi connectivity index (χ4n) is 3.14. The second kappa shape index (κ2) is 4.98. The Morgan fingerprint density at radius 1 is 0.750 bits per heavy atom. The Labute approximate surface area is 123 Å². The lowest BCUT2D eigenvalue weighted by Crippen LogP contribution is -2.25. The lowest BCUT2D eigenvalue weighted by molar-refractivity contribution is 0.277. The minimum atomic E-state index is -0.186. The molecular formula is C18H30O2. The van der Waals surface area contributed by atoms with Crippen molar-refractivity contribution in [3.05, 3.63) is 23.3 Å². The smallest absolute Gasteiger partial charge is 0.119 e. The maximum absolute atomic E-state index is 10.4. The first-order chi connectivity index (χ1) is 8.74. The number of hydrogen-bond acceptors (Lipinski definition) is 2. The highest BCUT2D eigenvalue weighted by molar-refractivity contribution is 5.50. The molecular weight excluding hydrogens is 248 g/mol. The molecule has 1 aromatic carbocycles. The van der Waals surface area contributed by atoms with E-state index in [1.165, 1.54) is 0 Å². The average Bonchev–Trinajstić information content (AvgIpc) is 2.15. The monoisotopic (exact) mass is 278 g/mol. The van der Waals surface area contributed by atoms with Crippen molar-refractivity contribution in [3.63, 3.8) is 0 Å². The normalized spacial score (nSPS) is 13.6. The summed E-state index contributed by atoms with van der Waals surface area (Å²) in [6.07, 6.45) is 0.932. The van der Waals surface area contributed by atoms with E-state index >= 15 is 0 Å². The van der Waals surface area contributed by atoms with Gasteiger partial charge in [0.25, 0.3) is 0 Å². The van der Waals surface area contributed by atoms with E-state index in [4.69, 9.17) is 0 Å². The van der Waals surface area contributed by atoms with E-state index in [0.29, 0.717) is 0 Å². The molecule has 114 valence electrons. The van der Waals surface area contributed by atoms with Crippen LogP contribution in [0.25, 0.3) is 0 Å². The van der Waals surface area contributed by atoms with Gasteiger partial charge in [0, 0.05) is 11.1 Å². The van der Waals surface area contributed by atoms with Crippen LogP contribution in [0.15, 0.2) is 12.1 Å². The largest absolute Gasteiger partial charge is 0.508 e. The zero-order valence-electron chi connectivity index (χ0n) is 14.3. The van der Waals surface area contributed by atoms with Crippen LogP contribution in [0.1, 0.15) is 72.9 Å². The van der Waals surface area contributed by atoms with Gasteiger partial charge in [-0.3, -0.25) is 0 Å². The topological polar surface area (TPSA) is 40.5 Å². The molecule has 0 radical (unpaired) electrons. The Balaban J connectivity index is 3.32. The van der Waals surface area contributed by atoms with E-state index in [1.807, 2.05) is 20.8 Å². The maximum Gasteiger partial charge on any atom is 0.119 e. The minimum absolute atomic E-state index is 0.161. The summed E-state index contributed by atoms with van der Waals surface area (Å²) in [5.74, 6) is 0.550. The van der Waals surface area contributed by atoms with Crippen LogP contribution in [-0.2, 0) is 10.8 Å². The summed E-state index contributed by atoms with van der Waals surface area (Å²) in [6.45, 7) is 16.9. The maximum atomic E-state index is 10.4. The van der Waals surface area contributed by atoms with E-state index in [1.54, 1.807) is 12.1 Å². The molecule has 0 aliphatic heterocycles. The van der Waals surface area contributed by atoms with Crippen LogP contribution in [0.4, 0.5) is 0 Å². The molecule has 0 atom stereocenters. The van der Waals surface area contributed by atoms with Crippen LogP contribution in [0.5, 0.6) is 11.5 Å². The lowest BCUT2D eigenvalue weighted by Gasteiger charge is -2.34. The highest BCUT2D eigenvalue weighted by atomic mass is 16.3. The molecule has 0 saturated heterocycles. The fraction of sp³-hybridized carbons (Fsp3) is 0.667. The third-order valence-corrected chi connectivity index (χ3v) is 3.62. The Kier molecular flexibility index (Phi) is 4.20. The molecule has 0 heterocycles. The minimum Gasteiger partial charge on any atom is -0.508 e. The first-order valence-corrected chi connectivity index (χ1v) is 7.31. The molecule has 0 bridgehead atoms. The lowest BCUT2D eigenvalue weighted by atomic mass is 9.71. The number of phenols is 2. The van der Waals surface area contributed by atoms with Gasteiger partial charge in [0.05, 0.1) is 0 Å². The summed E-state index contributed by atoms with van der Waals surface area (Å²) in [4.78, 5) is 0. The van der Waals surface area contributed by atoms with Crippen molar-refractivity contribution in [1.29, 1.82) is 0 Å². The van der Waals surface area contributed by atoms with Crippen molar-refractivity contribution in [2.75, 3.05) is 0 Å². The van der Waals surface area contributed by atoms with Crippen LogP contribution in [0.3, 0.4) is 0 Å². The van der Waals surface area contributed by atoms with Gasteiger partial charge in [-0.15, -0.1) is 0 Å². The molecule has 0 amide bonds. The number of rotatable bonds is 2. The van der Waals surface area contributed by atoms with E-state index in [9.17, 15) is 10.2 Å². The van der Waals surface area contributed by atoms with E-state index in [0.717, 1.165) is 17.5 Å². The van der Waals surface area contributed by atoms with Crippen LogP contribution in [-0.4, -0.2) is 10.2 Å². The third kappa shape index (κ3) is 3.91. The number of aromatic hydroxyl groups is 2. The predicted octanol–water partition coefficient (Wildman–Crippen LogP) is 5.11. The Bertz CT molecular complexity index is 485. The third-order valence-electron chi connectivity index (χ3n) is 3.62. The van der Waals surface area contributed by atoms with Gasteiger partial charge in [-0.05, 0) is 34.8 Å². The van der Waals surface area contributed by atoms with Crippen molar-refractivity contribution in [2.45, 2.75) is 72.6 Å². The van der Waals surface area contributed by atoms with Crippen molar-refractivity contribution >= 4 is 0 Å². The van der Waals surface area contributed by atoms with Crippen LogP contribution < -0.4 is 0 Å². The van der Waals surface area contributed by atoms with Gasteiger partial charge >= 0.3 is 0 Å². The van der Waals surface area contributed by atoms with Crippen molar-refractivity contribution in [1.82, 2.24) is 0 Å². The number of phenolic OH excluding ortho intramolecular Hbond substituents is 2. The Morgan fingerprint density at radius 2 is 1.15 bits per heavy atom. The summed E-state index contributed by atoms with van der Waals surface area (Å²) in [6, 6.07) is 3.46. The molecule has 0 saturated carbocycles. The average molecular weight is 278 g/mol. The SMILES string of the molecule is CC(C)(C)CC(C)(C)c1cc(O)c(C(C)(C)C)cc1O. The van der Waals surface area contributed by atoms with E-state index < -0.39 is 0 Å². The van der Waals surface area contributed by atoms with Crippen molar-refractivity contribution < 1.29 is 10.2 Å². The zero-order valence-corrected chi connectivity index (χ0v) is 14.3. The molecule has 2 nitrogen and oxygen atoms in total. The van der Waals surface area contributed by atoms with E-state index in [2.05, 4.69) is 34.6 Å².